The Labute approximate surface area is 302 Å². The van der Waals surface area contributed by atoms with Crippen molar-refractivity contribution in [2.24, 2.45) is 28.7 Å². The molecule has 304 valence electrons. The molecule has 6 unspecified atom stereocenters. The zero-order chi connectivity index (χ0) is 37.7. The Balaban J connectivity index is -0.000000350. The van der Waals surface area contributed by atoms with Crippen LogP contribution in [0.25, 0.3) is 0 Å². The van der Waals surface area contributed by atoms with Crippen molar-refractivity contribution in [1.29, 1.82) is 0 Å². The lowest BCUT2D eigenvalue weighted by atomic mass is 10.2. The first-order valence-corrected chi connectivity index (χ1v) is 18.0. The standard InChI is InChI=1S/C17H37N3O4.C11H26N2O3.C6H13NO2.H2O/c1-14(19)11-22-9-10-24-16(3)13-23-12-15(2)20-17(21)7-5-4-6-8-18;1-9(12)6-14-4-5-16-11(3)8-15-7-10(2)13;7-5-3-1-2-4-6(8)9;/h14-16H,4-13,18-19H2,1-3H3,(H,20,21);9-11H,4-8,12-13H2,1-3H3;1-5,7H2,(H,8,9);1H2. The monoisotopic (exact) mass is 731 g/mol. The van der Waals surface area contributed by atoms with Crippen molar-refractivity contribution < 1.29 is 48.6 Å². The molecule has 0 aliphatic carbocycles. The molecule has 16 nitrogen and oxygen atoms in total. The van der Waals surface area contributed by atoms with Crippen LogP contribution in [0.3, 0.4) is 0 Å². The molecule has 0 rings (SSSR count). The molecule has 0 radical (unpaired) electrons. The van der Waals surface area contributed by atoms with Crippen molar-refractivity contribution in [3.63, 3.8) is 0 Å². The van der Waals surface area contributed by atoms with Gasteiger partial charge in [0.15, 0.2) is 0 Å². The van der Waals surface area contributed by atoms with Crippen LogP contribution >= 0.6 is 0 Å². The summed E-state index contributed by atoms with van der Waals surface area (Å²) in [4.78, 5) is 21.7. The largest absolute Gasteiger partial charge is 0.481 e. The summed E-state index contributed by atoms with van der Waals surface area (Å²) < 4.78 is 32.6. The van der Waals surface area contributed by atoms with E-state index in [0.717, 1.165) is 38.5 Å². The summed E-state index contributed by atoms with van der Waals surface area (Å²) in [6.45, 7) is 18.3. The van der Waals surface area contributed by atoms with Gasteiger partial charge in [-0.3, -0.25) is 9.59 Å². The zero-order valence-corrected chi connectivity index (χ0v) is 32.2. The second kappa shape index (κ2) is 41.9. The molecule has 0 aliphatic heterocycles. The SMILES string of the molecule is CC(N)COCCOC(C)COCC(C)N.CC(N)COCCOC(C)COCC(C)NC(=O)CCCCCN.NCCCCCC(=O)O.O. The molecule has 50 heavy (non-hydrogen) atoms. The Morgan fingerprint density at radius 3 is 1.36 bits per heavy atom. The van der Waals surface area contributed by atoms with Crippen molar-refractivity contribution in [3.8, 4) is 0 Å². The maximum atomic E-state index is 11.7. The second-order valence-corrected chi connectivity index (χ2v) is 12.6. The van der Waals surface area contributed by atoms with E-state index < -0.39 is 5.97 Å². The van der Waals surface area contributed by atoms with Crippen LogP contribution in [0.2, 0.25) is 0 Å². The average Bonchev–Trinajstić information content (AvgIpc) is 3.01. The van der Waals surface area contributed by atoms with Crippen LogP contribution < -0.4 is 34.0 Å². The predicted octanol–water partition coefficient (Wildman–Crippen LogP) is 0.680. The number of rotatable bonds is 31. The number of carbonyl (C=O) groups excluding carboxylic acids is 1. The first-order chi connectivity index (χ1) is 23.2. The highest BCUT2D eigenvalue weighted by atomic mass is 16.6. The van der Waals surface area contributed by atoms with Gasteiger partial charge >= 0.3 is 5.97 Å². The minimum atomic E-state index is -0.716. The van der Waals surface area contributed by atoms with Crippen LogP contribution in [0, 0.1) is 0 Å². The number of carboxylic acid groups (broad SMARTS) is 1. The van der Waals surface area contributed by atoms with Gasteiger partial charge in [-0.2, -0.15) is 0 Å². The average molecular weight is 731 g/mol. The number of amides is 1. The first-order valence-electron chi connectivity index (χ1n) is 18.0. The Morgan fingerprint density at radius 2 is 0.960 bits per heavy atom. The fourth-order valence-corrected chi connectivity index (χ4v) is 3.67. The summed E-state index contributed by atoms with van der Waals surface area (Å²) in [6.07, 6.45) is 6.36. The lowest BCUT2D eigenvalue weighted by molar-refractivity contribution is -0.137. The van der Waals surface area contributed by atoms with Crippen LogP contribution in [0.4, 0.5) is 0 Å². The first kappa shape index (κ1) is 55.2. The van der Waals surface area contributed by atoms with Crippen molar-refractivity contribution in [2.45, 2.75) is 129 Å². The van der Waals surface area contributed by atoms with Crippen molar-refractivity contribution in [3.05, 3.63) is 0 Å². The quantitative estimate of drug-likeness (QED) is 0.0483. The van der Waals surface area contributed by atoms with Gasteiger partial charge in [0, 0.05) is 37.0 Å². The van der Waals surface area contributed by atoms with Crippen molar-refractivity contribution in [2.75, 3.05) is 79.2 Å². The van der Waals surface area contributed by atoms with Gasteiger partial charge in [0.25, 0.3) is 0 Å². The molecule has 14 N–H and O–H groups in total. The van der Waals surface area contributed by atoms with Gasteiger partial charge in [-0.1, -0.05) is 12.8 Å². The third-order valence-electron chi connectivity index (χ3n) is 6.09. The summed E-state index contributed by atoms with van der Waals surface area (Å²) >= 11 is 0. The number of hydrogen-bond acceptors (Lipinski definition) is 13. The van der Waals surface area contributed by atoms with Crippen LogP contribution in [-0.2, 0) is 38.0 Å². The third-order valence-corrected chi connectivity index (χ3v) is 6.09. The second-order valence-electron chi connectivity index (χ2n) is 12.6. The maximum absolute atomic E-state index is 11.7. The van der Waals surface area contributed by atoms with E-state index in [1.165, 1.54) is 0 Å². The topological polar surface area (TPSA) is 283 Å². The molecule has 0 saturated heterocycles. The zero-order valence-electron chi connectivity index (χ0n) is 32.2. The number of nitrogens with two attached hydrogens (primary N) is 5. The molecule has 1 amide bonds. The van der Waals surface area contributed by atoms with Gasteiger partial charge in [-0.25, -0.2) is 0 Å². The van der Waals surface area contributed by atoms with Gasteiger partial charge in [-0.15, -0.1) is 0 Å². The normalized spacial score (nSPS) is 14.4. The molecule has 0 saturated carbocycles. The molecule has 0 bridgehead atoms. The summed E-state index contributed by atoms with van der Waals surface area (Å²) in [5.74, 6) is -0.647. The van der Waals surface area contributed by atoms with Gasteiger partial charge < -0.3 is 73.0 Å². The van der Waals surface area contributed by atoms with E-state index in [9.17, 15) is 9.59 Å². The van der Waals surface area contributed by atoms with Crippen LogP contribution in [0.5, 0.6) is 0 Å². The number of ether oxygens (including phenoxy) is 6. The molecule has 16 heteroatoms. The fourth-order valence-electron chi connectivity index (χ4n) is 3.67. The number of carboxylic acids is 1. The van der Waals surface area contributed by atoms with E-state index in [4.69, 9.17) is 62.2 Å². The lowest BCUT2D eigenvalue weighted by Crippen LogP contribution is -2.36. The van der Waals surface area contributed by atoms with Crippen molar-refractivity contribution >= 4 is 11.9 Å². The number of aliphatic carboxylic acids is 1. The van der Waals surface area contributed by atoms with E-state index in [1.54, 1.807) is 0 Å². The molecular formula is C34H78N6O10. The van der Waals surface area contributed by atoms with E-state index in [-0.39, 0.29) is 54.2 Å². The smallest absolute Gasteiger partial charge is 0.303 e. The van der Waals surface area contributed by atoms with Crippen molar-refractivity contribution in [1.82, 2.24) is 5.32 Å². The number of nitrogens with one attached hydrogen (secondary N) is 1. The van der Waals surface area contributed by atoms with Gasteiger partial charge in [0.05, 0.1) is 78.3 Å². The van der Waals surface area contributed by atoms with Gasteiger partial charge in [0.1, 0.15) is 0 Å². The van der Waals surface area contributed by atoms with Crippen LogP contribution in [0.15, 0.2) is 0 Å². The highest BCUT2D eigenvalue weighted by Gasteiger charge is 2.09. The lowest BCUT2D eigenvalue weighted by Gasteiger charge is -2.17. The molecule has 0 fully saturated rings. The van der Waals surface area contributed by atoms with E-state index in [1.807, 2.05) is 41.5 Å². The summed E-state index contributed by atoms with van der Waals surface area (Å²) in [5.41, 5.74) is 27.3. The van der Waals surface area contributed by atoms with Gasteiger partial charge in [0.2, 0.25) is 5.91 Å². The molecule has 0 heterocycles. The van der Waals surface area contributed by atoms with E-state index >= 15 is 0 Å². The van der Waals surface area contributed by atoms with E-state index in [0.29, 0.717) is 85.6 Å². The molecule has 0 aliphatic rings. The molecule has 6 atom stereocenters. The Morgan fingerprint density at radius 1 is 0.560 bits per heavy atom. The maximum Gasteiger partial charge on any atom is 0.303 e. The highest BCUT2D eigenvalue weighted by molar-refractivity contribution is 5.76. The molecule has 0 spiro atoms. The number of unbranched alkanes of at least 4 members (excludes halogenated alkanes) is 4. The van der Waals surface area contributed by atoms with E-state index in [2.05, 4.69) is 5.32 Å². The molecular weight excluding hydrogens is 652 g/mol. The minimum absolute atomic E-state index is 0. The summed E-state index contributed by atoms with van der Waals surface area (Å²) in [5, 5.41) is 11.1. The predicted molar refractivity (Wildman–Crippen MR) is 199 cm³/mol. The summed E-state index contributed by atoms with van der Waals surface area (Å²) in [7, 11) is 0. The number of carbonyl (C=O) groups is 2. The van der Waals surface area contributed by atoms with Crippen LogP contribution in [-0.4, -0.2) is 138 Å². The van der Waals surface area contributed by atoms with Gasteiger partial charge in [-0.05, 0) is 80.3 Å². The fraction of sp³-hybridized carbons (Fsp3) is 0.941. The Bertz CT molecular complexity index is 711. The number of hydrogen-bond donors (Lipinski definition) is 7. The highest BCUT2D eigenvalue weighted by Crippen LogP contribution is 2.00. The third kappa shape index (κ3) is 53.3. The Kier molecular flexibility index (Phi) is 46.2. The summed E-state index contributed by atoms with van der Waals surface area (Å²) in [6, 6.07) is 0.185. The Hall–Kier alpha value is -1.54. The minimum Gasteiger partial charge on any atom is -0.481 e. The van der Waals surface area contributed by atoms with Crippen LogP contribution in [0.1, 0.15) is 92.9 Å². The molecule has 0 aromatic rings. The molecule has 0 aromatic heterocycles. The molecule has 0 aromatic carbocycles.